The van der Waals surface area contributed by atoms with Crippen LogP contribution < -0.4 is 0 Å². The zero-order chi connectivity index (χ0) is 13.3. The van der Waals surface area contributed by atoms with Crippen LogP contribution in [0.25, 0.3) is 11.1 Å². The lowest BCUT2D eigenvalue weighted by atomic mass is 10.00. The van der Waals surface area contributed by atoms with Crippen molar-refractivity contribution < 1.29 is 18.0 Å². The van der Waals surface area contributed by atoms with E-state index in [9.17, 15) is 18.0 Å². The SMILES string of the molecule is O=Cc1cc(F)ccc1-c1cc(F)c(F)cc1Cl. The van der Waals surface area contributed by atoms with Crippen LogP contribution >= 0.6 is 11.6 Å². The van der Waals surface area contributed by atoms with E-state index in [1.807, 2.05) is 0 Å². The molecule has 2 rings (SSSR count). The molecule has 0 atom stereocenters. The van der Waals surface area contributed by atoms with E-state index in [0.29, 0.717) is 6.29 Å². The van der Waals surface area contributed by atoms with Gasteiger partial charge >= 0.3 is 0 Å². The van der Waals surface area contributed by atoms with Gasteiger partial charge in [-0.3, -0.25) is 4.79 Å². The molecule has 0 N–H and O–H groups in total. The molecular formula is C13H6ClF3O. The molecule has 0 radical (unpaired) electrons. The molecule has 0 saturated heterocycles. The summed E-state index contributed by atoms with van der Waals surface area (Å²) < 4.78 is 39.1. The van der Waals surface area contributed by atoms with E-state index in [4.69, 9.17) is 11.6 Å². The van der Waals surface area contributed by atoms with Gasteiger partial charge in [-0.2, -0.15) is 0 Å². The number of rotatable bonds is 2. The molecule has 0 saturated carbocycles. The second kappa shape index (κ2) is 4.82. The van der Waals surface area contributed by atoms with Crippen molar-refractivity contribution in [1.29, 1.82) is 0 Å². The summed E-state index contributed by atoms with van der Waals surface area (Å²) in [5, 5.41) is -0.0522. The van der Waals surface area contributed by atoms with Crippen molar-refractivity contribution in [2.45, 2.75) is 0 Å². The quantitative estimate of drug-likeness (QED) is 0.589. The van der Waals surface area contributed by atoms with Gasteiger partial charge in [-0.25, -0.2) is 13.2 Å². The van der Waals surface area contributed by atoms with Crippen LogP contribution in [0.15, 0.2) is 30.3 Å². The second-order valence-corrected chi connectivity index (χ2v) is 4.00. The molecule has 0 heterocycles. The fourth-order valence-corrected chi connectivity index (χ4v) is 1.86. The van der Waals surface area contributed by atoms with Gasteiger partial charge in [0.05, 0.1) is 5.02 Å². The van der Waals surface area contributed by atoms with Crippen molar-refractivity contribution in [3.8, 4) is 11.1 Å². The van der Waals surface area contributed by atoms with Gasteiger partial charge in [0.1, 0.15) is 5.82 Å². The van der Waals surface area contributed by atoms with Crippen LogP contribution in [0.4, 0.5) is 13.2 Å². The van der Waals surface area contributed by atoms with Crippen LogP contribution in [0.1, 0.15) is 10.4 Å². The second-order valence-electron chi connectivity index (χ2n) is 3.60. The maximum absolute atomic E-state index is 13.2. The number of hydrogen-bond donors (Lipinski definition) is 0. The maximum Gasteiger partial charge on any atom is 0.160 e. The highest BCUT2D eigenvalue weighted by molar-refractivity contribution is 6.33. The molecule has 0 fully saturated rings. The predicted molar refractivity (Wildman–Crippen MR) is 62.1 cm³/mol. The number of carbonyl (C=O) groups is 1. The van der Waals surface area contributed by atoms with Crippen molar-refractivity contribution >= 4 is 17.9 Å². The summed E-state index contributed by atoms with van der Waals surface area (Å²) in [4.78, 5) is 10.8. The summed E-state index contributed by atoms with van der Waals surface area (Å²) >= 11 is 5.79. The van der Waals surface area contributed by atoms with Gasteiger partial charge in [-0.1, -0.05) is 17.7 Å². The Bertz CT molecular complexity index is 626. The van der Waals surface area contributed by atoms with Crippen molar-refractivity contribution in [1.82, 2.24) is 0 Å². The summed E-state index contributed by atoms with van der Waals surface area (Å²) in [7, 11) is 0. The molecular weight excluding hydrogens is 265 g/mol. The van der Waals surface area contributed by atoms with Crippen molar-refractivity contribution in [2.75, 3.05) is 0 Å². The standard InChI is InChI=1S/C13H6ClF3O/c14-11-5-13(17)12(16)4-10(11)9-2-1-8(15)3-7(9)6-18/h1-6H. The van der Waals surface area contributed by atoms with Crippen molar-refractivity contribution in [2.24, 2.45) is 0 Å². The number of hydrogen-bond acceptors (Lipinski definition) is 1. The van der Waals surface area contributed by atoms with Gasteiger partial charge < -0.3 is 0 Å². The van der Waals surface area contributed by atoms with Crippen molar-refractivity contribution in [3.63, 3.8) is 0 Å². The van der Waals surface area contributed by atoms with Crippen LogP contribution in [0.2, 0.25) is 5.02 Å². The van der Waals surface area contributed by atoms with Gasteiger partial charge in [0.25, 0.3) is 0 Å². The minimum Gasteiger partial charge on any atom is -0.298 e. The first-order chi connectivity index (χ1) is 8.52. The molecule has 0 aliphatic carbocycles. The number of benzene rings is 2. The molecule has 0 bridgehead atoms. The molecule has 2 aromatic rings. The predicted octanol–water partition coefficient (Wildman–Crippen LogP) is 4.24. The number of aldehydes is 1. The van der Waals surface area contributed by atoms with Crippen LogP contribution in [-0.2, 0) is 0 Å². The highest BCUT2D eigenvalue weighted by Gasteiger charge is 2.13. The van der Waals surface area contributed by atoms with E-state index in [0.717, 1.165) is 24.3 Å². The normalized spacial score (nSPS) is 10.4. The molecule has 18 heavy (non-hydrogen) atoms. The number of halogens is 4. The van der Waals surface area contributed by atoms with E-state index in [2.05, 4.69) is 0 Å². The maximum atomic E-state index is 13.2. The van der Waals surface area contributed by atoms with Crippen LogP contribution in [-0.4, -0.2) is 6.29 Å². The van der Waals surface area contributed by atoms with E-state index in [1.54, 1.807) is 0 Å². The van der Waals surface area contributed by atoms with Gasteiger partial charge in [0.15, 0.2) is 17.9 Å². The zero-order valence-electron chi connectivity index (χ0n) is 8.88. The molecule has 0 spiro atoms. The first-order valence-corrected chi connectivity index (χ1v) is 5.30. The molecule has 5 heteroatoms. The van der Waals surface area contributed by atoms with Crippen LogP contribution in [0.3, 0.4) is 0 Å². The third-order valence-electron chi connectivity index (χ3n) is 2.44. The molecule has 92 valence electrons. The summed E-state index contributed by atoms with van der Waals surface area (Å²) in [6.45, 7) is 0. The molecule has 0 amide bonds. The molecule has 0 aromatic heterocycles. The highest BCUT2D eigenvalue weighted by atomic mass is 35.5. The third kappa shape index (κ3) is 2.24. The Morgan fingerprint density at radius 3 is 2.28 bits per heavy atom. The van der Waals surface area contributed by atoms with Crippen molar-refractivity contribution in [3.05, 3.63) is 58.4 Å². The van der Waals surface area contributed by atoms with Gasteiger partial charge in [0, 0.05) is 11.1 Å². The lowest BCUT2D eigenvalue weighted by molar-refractivity contribution is 0.112. The van der Waals surface area contributed by atoms with E-state index < -0.39 is 17.5 Å². The third-order valence-corrected chi connectivity index (χ3v) is 2.75. The summed E-state index contributed by atoms with van der Waals surface area (Å²) in [6.07, 6.45) is 0.427. The van der Waals surface area contributed by atoms with E-state index in [-0.39, 0.29) is 21.7 Å². The van der Waals surface area contributed by atoms with E-state index in [1.165, 1.54) is 6.07 Å². The Morgan fingerprint density at radius 2 is 1.61 bits per heavy atom. The lowest BCUT2D eigenvalue weighted by Gasteiger charge is -2.08. The van der Waals surface area contributed by atoms with Gasteiger partial charge in [0.2, 0.25) is 0 Å². The van der Waals surface area contributed by atoms with Gasteiger partial charge in [-0.15, -0.1) is 0 Å². The van der Waals surface area contributed by atoms with Crippen LogP contribution in [0, 0.1) is 17.5 Å². The smallest absolute Gasteiger partial charge is 0.160 e. The Kier molecular flexibility index (Phi) is 3.39. The van der Waals surface area contributed by atoms with Crippen LogP contribution in [0.5, 0.6) is 0 Å². The summed E-state index contributed by atoms with van der Waals surface area (Å²) in [5.74, 6) is -2.77. The monoisotopic (exact) mass is 270 g/mol. The Balaban J connectivity index is 2.69. The molecule has 0 aliphatic heterocycles. The Labute approximate surface area is 106 Å². The lowest BCUT2D eigenvalue weighted by Crippen LogP contribution is -1.93. The first-order valence-electron chi connectivity index (χ1n) is 4.92. The molecule has 0 unspecified atom stereocenters. The topological polar surface area (TPSA) is 17.1 Å². The minimum atomic E-state index is -1.09. The first kappa shape index (κ1) is 12.6. The summed E-state index contributed by atoms with van der Waals surface area (Å²) in [6, 6.07) is 5.08. The Hall–Kier alpha value is -1.81. The molecule has 1 nitrogen and oxygen atoms in total. The zero-order valence-corrected chi connectivity index (χ0v) is 9.64. The molecule has 2 aromatic carbocycles. The summed E-state index contributed by atoms with van der Waals surface area (Å²) in [5.41, 5.74) is 0.399. The fourth-order valence-electron chi connectivity index (χ4n) is 1.61. The fraction of sp³-hybridized carbons (Fsp3) is 0. The number of carbonyl (C=O) groups excluding carboxylic acids is 1. The minimum absolute atomic E-state index is 0.0166. The largest absolute Gasteiger partial charge is 0.298 e. The molecule has 0 aliphatic rings. The average Bonchev–Trinajstić information content (AvgIpc) is 2.34. The Morgan fingerprint density at radius 1 is 0.944 bits per heavy atom. The van der Waals surface area contributed by atoms with Gasteiger partial charge in [-0.05, 0) is 29.8 Å². The average molecular weight is 271 g/mol. The van der Waals surface area contributed by atoms with E-state index >= 15 is 0 Å². The highest BCUT2D eigenvalue weighted by Crippen LogP contribution is 2.32.